The fraction of sp³-hybridized carbons (Fsp3) is 0.368. The van der Waals surface area contributed by atoms with Crippen LogP contribution in [0.5, 0.6) is 0 Å². The van der Waals surface area contributed by atoms with Gasteiger partial charge in [0.2, 0.25) is 5.91 Å². The summed E-state index contributed by atoms with van der Waals surface area (Å²) in [5.41, 5.74) is 3.10. The monoisotopic (exact) mass is 294 g/mol. The van der Waals surface area contributed by atoms with Gasteiger partial charge in [-0.25, -0.2) is 0 Å². The van der Waals surface area contributed by atoms with E-state index in [2.05, 4.69) is 10.3 Å². The lowest BCUT2D eigenvalue weighted by Gasteiger charge is -2.12. The van der Waals surface area contributed by atoms with E-state index in [0.717, 1.165) is 16.8 Å². The van der Waals surface area contributed by atoms with Crippen molar-refractivity contribution in [3.8, 4) is 11.3 Å². The van der Waals surface area contributed by atoms with Gasteiger partial charge in [0.25, 0.3) is 0 Å². The van der Waals surface area contributed by atoms with Crippen LogP contribution < -0.4 is 5.32 Å². The minimum absolute atomic E-state index is 0.162. The fourth-order valence-corrected chi connectivity index (χ4v) is 3.18. The number of rotatable bonds is 5. The molecule has 1 aliphatic rings. The van der Waals surface area contributed by atoms with Gasteiger partial charge in [0.05, 0.1) is 5.69 Å². The molecule has 3 nitrogen and oxygen atoms in total. The van der Waals surface area contributed by atoms with E-state index in [1.165, 1.54) is 25.7 Å². The quantitative estimate of drug-likeness (QED) is 0.907. The van der Waals surface area contributed by atoms with Gasteiger partial charge in [-0.05, 0) is 30.4 Å². The lowest BCUT2D eigenvalue weighted by Crippen LogP contribution is -2.24. The first-order chi connectivity index (χ1) is 10.8. The molecular weight excluding hydrogens is 272 g/mol. The number of carbonyl (C=O) groups excluding carboxylic acids is 1. The first-order valence-corrected chi connectivity index (χ1v) is 8.09. The Morgan fingerprint density at radius 1 is 1.09 bits per heavy atom. The molecule has 1 aromatic carbocycles. The Morgan fingerprint density at radius 3 is 2.64 bits per heavy atom. The molecule has 1 saturated carbocycles. The van der Waals surface area contributed by atoms with Crippen LogP contribution in [0.25, 0.3) is 11.3 Å². The maximum Gasteiger partial charge on any atom is 0.220 e. The van der Waals surface area contributed by atoms with Crippen LogP contribution in [0.1, 0.15) is 37.7 Å². The molecule has 1 amide bonds. The van der Waals surface area contributed by atoms with Gasteiger partial charge in [0.15, 0.2) is 0 Å². The molecule has 1 heterocycles. The molecule has 1 aromatic heterocycles. The number of nitrogens with zero attached hydrogens (tertiary/aromatic N) is 1. The molecule has 22 heavy (non-hydrogen) atoms. The summed E-state index contributed by atoms with van der Waals surface area (Å²) in [7, 11) is 0. The Bertz CT molecular complexity index is 618. The van der Waals surface area contributed by atoms with Crippen LogP contribution in [0.4, 0.5) is 0 Å². The van der Waals surface area contributed by atoms with Gasteiger partial charge in [0, 0.05) is 24.7 Å². The molecule has 0 saturated heterocycles. The molecule has 3 rings (SSSR count). The summed E-state index contributed by atoms with van der Waals surface area (Å²) >= 11 is 0. The number of hydrogen-bond donors (Lipinski definition) is 1. The molecule has 0 aliphatic heterocycles. The number of carbonyl (C=O) groups is 1. The number of aromatic nitrogens is 1. The van der Waals surface area contributed by atoms with Gasteiger partial charge in [-0.3, -0.25) is 9.78 Å². The highest BCUT2D eigenvalue weighted by atomic mass is 16.1. The molecular formula is C19H22N2O. The number of pyridine rings is 1. The molecule has 0 atom stereocenters. The first kappa shape index (κ1) is 14.8. The van der Waals surface area contributed by atoms with Crippen LogP contribution in [0.3, 0.4) is 0 Å². The Hall–Kier alpha value is -2.16. The second kappa shape index (κ2) is 7.21. The third-order valence-corrected chi connectivity index (χ3v) is 4.36. The van der Waals surface area contributed by atoms with Gasteiger partial charge in [-0.2, -0.15) is 0 Å². The predicted octanol–water partition coefficient (Wildman–Crippen LogP) is 3.95. The average Bonchev–Trinajstić information content (AvgIpc) is 3.07. The van der Waals surface area contributed by atoms with Crippen LogP contribution in [0, 0.1) is 5.92 Å². The summed E-state index contributed by atoms with van der Waals surface area (Å²) in [4.78, 5) is 16.6. The van der Waals surface area contributed by atoms with Crippen LogP contribution >= 0.6 is 0 Å². The van der Waals surface area contributed by atoms with Gasteiger partial charge < -0.3 is 5.32 Å². The Balaban J connectivity index is 1.64. The molecule has 0 bridgehead atoms. The third-order valence-electron chi connectivity index (χ3n) is 4.36. The molecule has 0 unspecified atom stereocenters. The van der Waals surface area contributed by atoms with Gasteiger partial charge in [0.1, 0.15) is 0 Å². The number of amides is 1. The van der Waals surface area contributed by atoms with E-state index in [4.69, 9.17) is 0 Å². The third kappa shape index (κ3) is 3.73. The van der Waals surface area contributed by atoms with Gasteiger partial charge >= 0.3 is 0 Å². The van der Waals surface area contributed by atoms with Crippen LogP contribution in [-0.2, 0) is 11.3 Å². The van der Waals surface area contributed by atoms with E-state index in [9.17, 15) is 4.79 Å². The second-order valence-electron chi connectivity index (χ2n) is 6.01. The zero-order valence-electron chi connectivity index (χ0n) is 12.8. The van der Waals surface area contributed by atoms with E-state index in [0.29, 0.717) is 18.9 Å². The van der Waals surface area contributed by atoms with Gasteiger partial charge in [-0.1, -0.05) is 49.2 Å². The number of hydrogen-bond acceptors (Lipinski definition) is 2. The summed E-state index contributed by atoms with van der Waals surface area (Å²) in [6, 6.07) is 14.1. The van der Waals surface area contributed by atoms with Crippen molar-refractivity contribution in [1.82, 2.24) is 10.3 Å². The largest absolute Gasteiger partial charge is 0.352 e. The van der Waals surface area contributed by atoms with Crippen molar-refractivity contribution in [2.75, 3.05) is 0 Å². The highest BCUT2D eigenvalue weighted by molar-refractivity contribution is 5.76. The Labute approximate surface area is 131 Å². The molecule has 3 heteroatoms. The van der Waals surface area contributed by atoms with Crippen LogP contribution in [0.2, 0.25) is 0 Å². The van der Waals surface area contributed by atoms with Crippen LogP contribution in [-0.4, -0.2) is 10.9 Å². The summed E-state index contributed by atoms with van der Waals surface area (Å²) < 4.78 is 0. The summed E-state index contributed by atoms with van der Waals surface area (Å²) in [6.07, 6.45) is 7.43. The average molecular weight is 294 g/mol. The standard InChI is InChI=1S/C19H22N2O/c22-18(13-15-7-4-5-8-15)21-14-17-11-6-12-20-19(17)16-9-2-1-3-10-16/h1-3,6,9-12,15H,4-5,7-8,13-14H2,(H,21,22). The summed E-state index contributed by atoms with van der Waals surface area (Å²) in [5.74, 6) is 0.747. The molecule has 0 spiro atoms. The predicted molar refractivity (Wildman–Crippen MR) is 88.1 cm³/mol. The lowest BCUT2D eigenvalue weighted by atomic mass is 10.0. The molecule has 0 radical (unpaired) electrons. The SMILES string of the molecule is O=C(CC1CCCC1)NCc1cccnc1-c1ccccc1. The van der Waals surface area contributed by atoms with E-state index in [1.807, 2.05) is 42.5 Å². The maximum absolute atomic E-state index is 12.1. The molecule has 114 valence electrons. The van der Waals surface area contributed by atoms with Crippen molar-refractivity contribution in [1.29, 1.82) is 0 Å². The van der Waals surface area contributed by atoms with Crippen molar-refractivity contribution in [2.45, 2.75) is 38.6 Å². The van der Waals surface area contributed by atoms with Crippen molar-refractivity contribution < 1.29 is 4.79 Å². The molecule has 1 N–H and O–H groups in total. The highest BCUT2D eigenvalue weighted by Gasteiger charge is 2.18. The van der Waals surface area contributed by atoms with Crippen molar-refractivity contribution >= 4 is 5.91 Å². The highest BCUT2D eigenvalue weighted by Crippen LogP contribution is 2.27. The van der Waals surface area contributed by atoms with Crippen LogP contribution in [0.15, 0.2) is 48.7 Å². The molecule has 1 aliphatic carbocycles. The van der Waals surface area contributed by atoms with E-state index in [1.54, 1.807) is 6.20 Å². The van der Waals surface area contributed by atoms with E-state index in [-0.39, 0.29) is 5.91 Å². The van der Waals surface area contributed by atoms with E-state index >= 15 is 0 Å². The molecule has 2 aromatic rings. The van der Waals surface area contributed by atoms with Crippen molar-refractivity contribution in [3.63, 3.8) is 0 Å². The molecule has 1 fully saturated rings. The zero-order valence-corrected chi connectivity index (χ0v) is 12.8. The smallest absolute Gasteiger partial charge is 0.220 e. The normalized spacial score (nSPS) is 14.9. The second-order valence-corrected chi connectivity index (χ2v) is 6.01. The minimum Gasteiger partial charge on any atom is -0.352 e. The lowest BCUT2D eigenvalue weighted by molar-refractivity contribution is -0.122. The van der Waals surface area contributed by atoms with Gasteiger partial charge in [-0.15, -0.1) is 0 Å². The topological polar surface area (TPSA) is 42.0 Å². The minimum atomic E-state index is 0.162. The van der Waals surface area contributed by atoms with E-state index < -0.39 is 0 Å². The number of nitrogens with one attached hydrogen (secondary N) is 1. The van der Waals surface area contributed by atoms with Crippen molar-refractivity contribution in [3.05, 3.63) is 54.2 Å². The Kier molecular flexibility index (Phi) is 4.84. The Morgan fingerprint density at radius 2 is 1.86 bits per heavy atom. The van der Waals surface area contributed by atoms with Crippen molar-refractivity contribution in [2.24, 2.45) is 5.92 Å². The summed E-state index contributed by atoms with van der Waals surface area (Å²) in [5, 5.41) is 3.06. The maximum atomic E-state index is 12.1. The summed E-state index contributed by atoms with van der Waals surface area (Å²) in [6.45, 7) is 0.545. The zero-order chi connectivity index (χ0) is 15.2. The first-order valence-electron chi connectivity index (χ1n) is 8.09. The fourth-order valence-electron chi connectivity index (χ4n) is 3.18. The number of benzene rings is 1.